The number of oxazole rings is 1. The third-order valence-electron chi connectivity index (χ3n) is 3.96. The predicted octanol–water partition coefficient (Wildman–Crippen LogP) is 3.75. The Morgan fingerprint density at radius 3 is 3.04 bits per heavy atom. The molecule has 0 bridgehead atoms. The standard InChI is InChI=1S/C17H13N5OS2/c1-2-6-14-13(5-1)19-17(23-14)24-10-12-9-22-15(20-21-16(22)25-12)11-4-3-7-18-8-11/h1-8,12H,9-10H2/t12-/m0/s1. The summed E-state index contributed by atoms with van der Waals surface area (Å²) in [5.41, 5.74) is 2.73. The molecule has 0 saturated heterocycles. The number of fused-ring (bicyclic) bond motifs is 2. The molecule has 124 valence electrons. The summed E-state index contributed by atoms with van der Waals surface area (Å²) in [6.07, 6.45) is 3.58. The Morgan fingerprint density at radius 2 is 2.16 bits per heavy atom. The summed E-state index contributed by atoms with van der Waals surface area (Å²) in [6.45, 7) is 0.879. The Bertz CT molecular complexity index is 997. The second-order valence-electron chi connectivity index (χ2n) is 5.66. The van der Waals surface area contributed by atoms with Gasteiger partial charge in [0.1, 0.15) is 5.52 Å². The van der Waals surface area contributed by atoms with Crippen LogP contribution in [0.1, 0.15) is 0 Å². The summed E-state index contributed by atoms with van der Waals surface area (Å²) in [7, 11) is 0. The van der Waals surface area contributed by atoms with E-state index in [-0.39, 0.29) is 0 Å². The molecule has 0 saturated carbocycles. The molecule has 0 fully saturated rings. The van der Waals surface area contributed by atoms with Crippen molar-refractivity contribution in [2.24, 2.45) is 0 Å². The van der Waals surface area contributed by atoms with Gasteiger partial charge in [-0.05, 0) is 24.3 Å². The minimum absolute atomic E-state index is 0.418. The van der Waals surface area contributed by atoms with Crippen LogP contribution in [0.2, 0.25) is 0 Å². The highest BCUT2D eigenvalue weighted by molar-refractivity contribution is 8.03. The molecule has 25 heavy (non-hydrogen) atoms. The van der Waals surface area contributed by atoms with Crippen LogP contribution >= 0.6 is 23.5 Å². The lowest BCUT2D eigenvalue weighted by Crippen LogP contribution is -2.09. The van der Waals surface area contributed by atoms with Crippen LogP contribution in [0.15, 0.2) is 63.6 Å². The minimum Gasteiger partial charge on any atom is -0.431 e. The molecule has 3 aromatic heterocycles. The Labute approximate surface area is 152 Å². The number of rotatable bonds is 4. The molecule has 8 heteroatoms. The smallest absolute Gasteiger partial charge is 0.256 e. The van der Waals surface area contributed by atoms with E-state index in [4.69, 9.17) is 4.42 Å². The van der Waals surface area contributed by atoms with Crippen molar-refractivity contribution in [1.82, 2.24) is 24.7 Å². The van der Waals surface area contributed by atoms with E-state index in [0.717, 1.165) is 45.2 Å². The molecular formula is C17H13N5OS2. The molecule has 0 spiro atoms. The first kappa shape index (κ1) is 15.0. The van der Waals surface area contributed by atoms with E-state index < -0.39 is 0 Å². The number of pyridine rings is 1. The molecule has 5 rings (SSSR count). The quantitative estimate of drug-likeness (QED) is 0.509. The zero-order valence-electron chi connectivity index (χ0n) is 13.1. The van der Waals surface area contributed by atoms with Crippen LogP contribution in [-0.4, -0.2) is 35.7 Å². The molecule has 1 aliphatic heterocycles. The monoisotopic (exact) mass is 367 g/mol. The fourth-order valence-electron chi connectivity index (χ4n) is 2.80. The van der Waals surface area contributed by atoms with Gasteiger partial charge >= 0.3 is 0 Å². The Hall–Kier alpha value is -2.32. The number of aromatic nitrogens is 5. The highest BCUT2D eigenvalue weighted by Gasteiger charge is 2.28. The summed E-state index contributed by atoms with van der Waals surface area (Å²) in [4.78, 5) is 8.69. The van der Waals surface area contributed by atoms with Crippen molar-refractivity contribution >= 4 is 34.6 Å². The second kappa shape index (κ2) is 6.20. The summed E-state index contributed by atoms with van der Waals surface area (Å²) >= 11 is 3.40. The van der Waals surface area contributed by atoms with Crippen LogP contribution < -0.4 is 0 Å². The minimum atomic E-state index is 0.418. The van der Waals surface area contributed by atoms with Crippen LogP contribution in [0.4, 0.5) is 0 Å². The molecule has 0 N–H and O–H groups in total. The van der Waals surface area contributed by atoms with Crippen LogP contribution in [0.5, 0.6) is 0 Å². The van der Waals surface area contributed by atoms with E-state index in [2.05, 4.69) is 24.7 Å². The fraction of sp³-hybridized carbons (Fsp3) is 0.176. The van der Waals surface area contributed by atoms with Crippen LogP contribution in [0, 0.1) is 0 Å². The third kappa shape index (κ3) is 2.81. The first-order chi connectivity index (χ1) is 12.4. The first-order valence-electron chi connectivity index (χ1n) is 7.85. The van der Waals surface area contributed by atoms with Crippen molar-refractivity contribution in [1.29, 1.82) is 0 Å². The zero-order valence-corrected chi connectivity index (χ0v) is 14.7. The molecule has 0 amide bonds. The highest BCUT2D eigenvalue weighted by atomic mass is 32.2. The van der Waals surface area contributed by atoms with E-state index in [1.807, 2.05) is 42.6 Å². The molecule has 4 aromatic rings. The van der Waals surface area contributed by atoms with Crippen molar-refractivity contribution in [3.63, 3.8) is 0 Å². The van der Waals surface area contributed by atoms with Gasteiger partial charge < -0.3 is 8.98 Å². The van der Waals surface area contributed by atoms with Crippen molar-refractivity contribution in [3.8, 4) is 11.4 Å². The summed E-state index contributed by atoms with van der Waals surface area (Å²) < 4.78 is 7.94. The van der Waals surface area contributed by atoms with Gasteiger partial charge in [0.05, 0.1) is 0 Å². The van der Waals surface area contributed by atoms with Gasteiger partial charge in [-0.3, -0.25) is 4.98 Å². The molecule has 6 nitrogen and oxygen atoms in total. The SMILES string of the molecule is c1cncc(-c2nnc3n2C[C@@H](CSc2nc4ccccc4o2)S3)c1. The van der Waals surface area contributed by atoms with Gasteiger partial charge in [0.2, 0.25) is 0 Å². The number of hydrogen-bond acceptors (Lipinski definition) is 7. The van der Waals surface area contributed by atoms with Gasteiger partial charge in [0.25, 0.3) is 5.22 Å². The summed E-state index contributed by atoms with van der Waals surface area (Å²) in [6, 6.07) is 11.8. The van der Waals surface area contributed by atoms with Gasteiger partial charge in [-0.15, -0.1) is 10.2 Å². The van der Waals surface area contributed by atoms with Crippen LogP contribution in [0.3, 0.4) is 0 Å². The van der Waals surface area contributed by atoms with E-state index in [1.165, 1.54) is 0 Å². The topological polar surface area (TPSA) is 69.6 Å². The van der Waals surface area contributed by atoms with Crippen molar-refractivity contribution < 1.29 is 4.42 Å². The lowest BCUT2D eigenvalue weighted by atomic mass is 10.2. The van der Waals surface area contributed by atoms with E-state index in [0.29, 0.717) is 5.25 Å². The average Bonchev–Trinajstić information content (AvgIpc) is 3.33. The maximum atomic E-state index is 5.78. The lowest BCUT2D eigenvalue weighted by Gasteiger charge is -2.06. The van der Waals surface area contributed by atoms with E-state index in [9.17, 15) is 0 Å². The maximum absolute atomic E-state index is 5.78. The first-order valence-corrected chi connectivity index (χ1v) is 9.72. The molecule has 0 aliphatic carbocycles. The van der Waals surface area contributed by atoms with E-state index in [1.54, 1.807) is 29.7 Å². The van der Waals surface area contributed by atoms with Crippen molar-refractivity contribution in [3.05, 3.63) is 48.8 Å². The molecule has 1 aromatic carbocycles. The number of para-hydroxylation sites is 2. The van der Waals surface area contributed by atoms with Gasteiger partial charge in [-0.25, -0.2) is 4.98 Å². The average molecular weight is 367 g/mol. The predicted molar refractivity (Wildman–Crippen MR) is 97.6 cm³/mol. The molecule has 1 atom stereocenters. The maximum Gasteiger partial charge on any atom is 0.256 e. The number of benzene rings is 1. The van der Waals surface area contributed by atoms with Crippen molar-refractivity contribution in [2.75, 3.05) is 5.75 Å². The summed E-state index contributed by atoms with van der Waals surface area (Å²) in [5, 5.41) is 10.7. The lowest BCUT2D eigenvalue weighted by molar-refractivity contribution is 0.489. The van der Waals surface area contributed by atoms with E-state index >= 15 is 0 Å². The normalized spacial score (nSPS) is 16.4. The number of nitrogens with zero attached hydrogens (tertiary/aromatic N) is 5. The van der Waals surface area contributed by atoms with Gasteiger partial charge in [-0.2, -0.15) is 0 Å². The highest BCUT2D eigenvalue weighted by Crippen LogP contribution is 2.37. The Morgan fingerprint density at radius 1 is 1.20 bits per heavy atom. The molecule has 4 heterocycles. The van der Waals surface area contributed by atoms with Gasteiger partial charge in [0, 0.05) is 35.5 Å². The third-order valence-corrected chi connectivity index (χ3v) is 6.33. The Kier molecular flexibility index (Phi) is 3.71. The number of thioether (sulfide) groups is 2. The zero-order chi connectivity index (χ0) is 16.6. The molecule has 1 aliphatic rings. The summed E-state index contributed by atoms with van der Waals surface area (Å²) in [5.74, 6) is 1.79. The van der Waals surface area contributed by atoms with Gasteiger partial charge in [-0.1, -0.05) is 35.7 Å². The fourth-order valence-corrected chi connectivity index (χ4v) is 4.92. The van der Waals surface area contributed by atoms with Crippen LogP contribution in [-0.2, 0) is 6.54 Å². The molecule has 0 unspecified atom stereocenters. The second-order valence-corrected chi connectivity index (χ2v) is 7.90. The Balaban J connectivity index is 1.30. The van der Waals surface area contributed by atoms with Crippen LogP contribution in [0.25, 0.3) is 22.5 Å². The molecule has 0 radical (unpaired) electrons. The largest absolute Gasteiger partial charge is 0.431 e. The molecular weight excluding hydrogens is 354 g/mol. The number of hydrogen-bond donors (Lipinski definition) is 0. The van der Waals surface area contributed by atoms with Gasteiger partial charge in [0.15, 0.2) is 16.6 Å². The van der Waals surface area contributed by atoms with Crippen molar-refractivity contribution in [2.45, 2.75) is 22.2 Å².